The van der Waals surface area contributed by atoms with Crippen molar-refractivity contribution in [1.29, 1.82) is 0 Å². The second-order valence-corrected chi connectivity index (χ2v) is 8.07. The molecule has 3 rings (SSSR count). The zero-order chi connectivity index (χ0) is 17.3. The highest BCUT2D eigenvalue weighted by Gasteiger charge is 2.24. The van der Waals surface area contributed by atoms with Crippen LogP contribution in [0.4, 0.5) is 10.1 Å². The molecule has 2 aromatic rings. The Morgan fingerprint density at radius 3 is 2.38 bits per heavy atom. The zero-order valence-corrected chi connectivity index (χ0v) is 15.5. The minimum atomic E-state index is -0.398. The van der Waals surface area contributed by atoms with E-state index < -0.39 is 5.82 Å². The van der Waals surface area contributed by atoms with E-state index >= 15 is 0 Å². The minimum Gasteiger partial charge on any atom is -0.366 e. The minimum absolute atomic E-state index is 0.0118. The predicted molar refractivity (Wildman–Crippen MR) is 96.5 cm³/mol. The van der Waals surface area contributed by atoms with Gasteiger partial charge in [0, 0.05) is 31.7 Å². The third kappa shape index (κ3) is 3.52. The van der Waals surface area contributed by atoms with Gasteiger partial charge in [0.1, 0.15) is 5.82 Å². The fraction of sp³-hybridized carbons (Fsp3) is 0.294. The molecule has 0 N–H and O–H groups in total. The Labute approximate surface area is 152 Å². The molecule has 24 heavy (non-hydrogen) atoms. The molecule has 2 heterocycles. The van der Waals surface area contributed by atoms with Gasteiger partial charge in [-0.1, -0.05) is 0 Å². The number of Topliss-reactive ketones (excluding diaryl/α,β-unsaturated/α-hetero) is 1. The van der Waals surface area contributed by atoms with Gasteiger partial charge in [0.15, 0.2) is 5.78 Å². The highest BCUT2D eigenvalue weighted by Crippen LogP contribution is 2.25. The van der Waals surface area contributed by atoms with Gasteiger partial charge in [0.05, 0.1) is 14.4 Å². The van der Waals surface area contributed by atoms with Crippen molar-refractivity contribution in [2.24, 2.45) is 0 Å². The standard InChI is InChI=1S/C17H16BrFN2O2S/c1-11(22)12-2-3-14(13(19)10-12)20-6-8-21(9-7-20)17(23)15-4-5-16(18)24-15/h2-5,10H,6-9H2,1H3. The van der Waals surface area contributed by atoms with Gasteiger partial charge in [-0.2, -0.15) is 0 Å². The molecule has 1 amide bonds. The topological polar surface area (TPSA) is 40.6 Å². The van der Waals surface area contributed by atoms with Crippen molar-refractivity contribution in [3.63, 3.8) is 0 Å². The molecule has 0 atom stereocenters. The predicted octanol–water partition coefficient (Wildman–Crippen LogP) is 3.81. The Morgan fingerprint density at radius 1 is 1.12 bits per heavy atom. The first kappa shape index (κ1) is 17.1. The number of ketones is 1. The summed E-state index contributed by atoms with van der Waals surface area (Å²) >= 11 is 4.78. The maximum absolute atomic E-state index is 14.2. The Morgan fingerprint density at radius 2 is 1.83 bits per heavy atom. The van der Waals surface area contributed by atoms with E-state index in [0.29, 0.717) is 42.3 Å². The van der Waals surface area contributed by atoms with Crippen LogP contribution < -0.4 is 4.90 Å². The van der Waals surface area contributed by atoms with E-state index in [0.717, 1.165) is 3.79 Å². The number of nitrogens with zero attached hydrogens (tertiary/aromatic N) is 2. The maximum Gasteiger partial charge on any atom is 0.264 e. The van der Waals surface area contributed by atoms with Crippen molar-refractivity contribution in [1.82, 2.24) is 4.90 Å². The van der Waals surface area contributed by atoms with Gasteiger partial charge in [-0.25, -0.2) is 4.39 Å². The SMILES string of the molecule is CC(=O)c1ccc(N2CCN(C(=O)c3ccc(Br)s3)CC2)c(F)c1. The molecule has 1 aromatic carbocycles. The summed E-state index contributed by atoms with van der Waals surface area (Å²) in [5.74, 6) is -0.541. The molecular weight excluding hydrogens is 395 g/mol. The zero-order valence-electron chi connectivity index (χ0n) is 13.1. The first-order chi connectivity index (χ1) is 11.5. The number of benzene rings is 1. The number of hydrogen-bond donors (Lipinski definition) is 0. The number of piperazine rings is 1. The lowest BCUT2D eigenvalue weighted by molar-refractivity contribution is 0.0751. The number of amides is 1. The molecule has 0 bridgehead atoms. The number of hydrogen-bond acceptors (Lipinski definition) is 4. The first-order valence-corrected chi connectivity index (χ1v) is 9.16. The molecule has 1 saturated heterocycles. The van der Waals surface area contributed by atoms with Gasteiger partial charge in [0.2, 0.25) is 0 Å². The number of carbonyl (C=O) groups excluding carboxylic acids is 2. The van der Waals surface area contributed by atoms with E-state index in [1.807, 2.05) is 17.0 Å². The second-order valence-electron chi connectivity index (χ2n) is 5.61. The molecule has 0 spiro atoms. The van der Waals surface area contributed by atoms with Crippen molar-refractivity contribution in [3.05, 3.63) is 50.4 Å². The highest BCUT2D eigenvalue weighted by molar-refractivity contribution is 9.11. The van der Waals surface area contributed by atoms with Crippen LogP contribution in [0.2, 0.25) is 0 Å². The Hall–Kier alpha value is -1.73. The largest absolute Gasteiger partial charge is 0.366 e. The van der Waals surface area contributed by atoms with Crippen molar-refractivity contribution >= 4 is 44.6 Å². The van der Waals surface area contributed by atoms with E-state index in [1.165, 1.54) is 24.3 Å². The van der Waals surface area contributed by atoms with E-state index in [-0.39, 0.29) is 11.7 Å². The monoisotopic (exact) mass is 410 g/mol. The number of carbonyl (C=O) groups is 2. The molecule has 1 aromatic heterocycles. The van der Waals surface area contributed by atoms with Gasteiger partial charge < -0.3 is 9.80 Å². The summed E-state index contributed by atoms with van der Waals surface area (Å²) in [5.41, 5.74) is 0.847. The Bertz CT molecular complexity index is 785. The van der Waals surface area contributed by atoms with Crippen LogP contribution in [-0.4, -0.2) is 42.8 Å². The van der Waals surface area contributed by atoms with Gasteiger partial charge in [-0.3, -0.25) is 9.59 Å². The molecule has 1 aliphatic heterocycles. The number of thiophene rings is 1. The van der Waals surface area contributed by atoms with Crippen molar-refractivity contribution in [2.45, 2.75) is 6.92 Å². The smallest absolute Gasteiger partial charge is 0.264 e. The number of anilines is 1. The van der Waals surface area contributed by atoms with Crippen LogP contribution in [0.1, 0.15) is 27.0 Å². The van der Waals surface area contributed by atoms with Crippen molar-refractivity contribution in [2.75, 3.05) is 31.1 Å². The molecule has 1 aliphatic rings. The molecule has 0 aliphatic carbocycles. The average molecular weight is 411 g/mol. The lowest BCUT2D eigenvalue weighted by Crippen LogP contribution is -2.48. The summed E-state index contributed by atoms with van der Waals surface area (Å²) in [4.78, 5) is 28.1. The lowest BCUT2D eigenvalue weighted by atomic mass is 10.1. The van der Waals surface area contributed by atoms with E-state index in [9.17, 15) is 14.0 Å². The average Bonchev–Trinajstić information content (AvgIpc) is 3.00. The highest BCUT2D eigenvalue weighted by atomic mass is 79.9. The normalized spacial score (nSPS) is 14.8. The lowest BCUT2D eigenvalue weighted by Gasteiger charge is -2.36. The van der Waals surface area contributed by atoms with Crippen LogP contribution in [0.3, 0.4) is 0 Å². The maximum atomic E-state index is 14.2. The fourth-order valence-electron chi connectivity index (χ4n) is 2.72. The molecule has 1 fully saturated rings. The molecule has 0 radical (unpaired) electrons. The van der Waals surface area contributed by atoms with Crippen LogP contribution in [0.15, 0.2) is 34.1 Å². The van der Waals surface area contributed by atoms with Crippen LogP contribution >= 0.6 is 27.3 Å². The van der Waals surface area contributed by atoms with Gasteiger partial charge in [-0.15, -0.1) is 11.3 Å². The van der Waals surface area contributed by atoms with Crippen LogP contribution in [0, 0.1) is 5.82 Å². The summed E-state index contributed by atoms with van der Waals surface area (Å²) in [6.45, 7) is 3.63. The van der Waals surface area contributed by atoms with Gasteiger partial charge in [0.25, 0.3) is 5.91 Å². The molecule has 0 unspecified atom stereocenters. The Balaban J connectivity index is 1.67. The number of halogens is 2. The fourth-order valence-corrected chi connectivity index (χ4v) is 4.07. The third-order valence-electron chi connectivity index (χ3n) is 4.05. The number of rotatable bonds is 3. The summed E-state index contributed by atoms with van der Waals surface area (Å²) in [6, 6.07) is 8.23. The van der Waals surface area contributed by atoms with Crippen molar-refractivity contribution < 1.29 is 14.0 Å². The van der Waals surface area contributed by atoms with Crippen LogP contribution in [-0.2, 0) is 0 Å². The van der Waals surface area contributed by atoms with E-state index in [4.69, 9.17) is 0 Å². The van der Waals surface area contributed by atoms with Gasteiger partial charge >= 0.3 is 0 Å². The van der Waals surface area contributed by atoms with E-state index in [2.05, 4.69) is 15.9 Å². The summed E-state index contributed by atoms with van der Waals surface area (Å²) < 4.78 is 15.2. The van der Waals surface area contributed by atoms with E-state index in [1.54, 1.807) is 17.0 Å². The van der Waals surface area contributed by atoms with Crippen LogP contribution in [0.5, 0.6) is 0 Å². The quantitative estimate of drug-likeness (QED) is 0.722. The second kappa shape index (κ2) is 7.03. The molecular formula is C17H16BrFN2O2S. The molecule has 4 nitrogen and oxygen atoms in total. The summed E-state index contributed by atoms with van der Waals surface area (Å²) in [5, 5.41) is 0. The molecule has 0 saturated carbocycles. The Kier molecular flexibility index (Phi) is 5.01. The molecule has 7 heteroatoms. The van der Waals surface area contributed by atoms with Crippen LogP contribution in [0.25, 0.3) is 0 Å². The molecule has 126 valence electrons. The van der Waals surface area contributed by atoms with Crippen molar-refractivity contribution in [3.8, 4) is 0 Å². The van der Waals surface area contributed by atoms with Gasteiger partial charge in [-0.05, 0) is 53.2 Å². The summed E-state index contributed by atoms with van der Waals surface area (Å²) in [7, 11) is 0. The summed E-state index contributed by atoms with van der Waals surface area (Å²) in [6.07, 6.45) is 0. The first-order valence-electron chi connectivity index (χ1n) is 7.56. The third-order valence-corrected chi connectivity index (χ3v) is 5.66.